The molecule has 0 bridgehead atoms. The van der Waals surface area contributed by atoms with Gasteiger partial charge in [-0.05, 0) is 96.9 Å². The molecule has 0 heterocycles. The largest absolute Gasteiger partial charge is 0.493 e. The molecule has 234 valence electrons. The molecule has 0 saturated heterocycles. The number of hydrogen-bond donors (Lipinski definition) is 0. The third-order valence-corrected chi connectivity index (χ3v) is 8.34. The van der Waals surface area contributed by atoms with Gasteiger partial charge in [0.2, 0.25) is 11.5 Å². The summed E-state index contributed by atoms with van der Waals surface area (Å²) in [6, 6.07) is 29.8. The zero-order valence-electron chi connectivity index (χ0n) is 26.9. The molecule has 0 saturated carbocycles. The van der Waals surface area contributed by atoms with Crippen molar-refractivity contribution in [2.24, 2.45) is 11.8 Å². The minimum Gasteiger partial charge on any atom is -0.493 e. The first-order valence-electron chi connectivity index (χ1n) is 15.2. The summed E-state index contributed by atoms with van der Waals surface area (Å²) in [5.74, 6) is 4.60. The topological polar surface area (TPSA) is 55.4 Å². The Morgan fingerprint density at radius 3 is 1.23 bits per heavy atom. The minimum atomic E-state index is 0.329. The number of benzene rings is 4. The standard InChI is InChI=1S/C38H46O6/c1-39-33-23-29(24-34(40-2)37(33)43-5)21-31(19-13-18-27-14-9-7-10-15-27)32(20-28-16-11-8-12-17-28)22-30-25-35(41-3)38(44-6)36(26-30)42-4/h7-12,14-17,23-26,31-32H,13,18-22H2,1-6H3/t31-,32-/m0/s1. The van der Waals surface area contributed by atoms with Crippen molar-refractivity contribution in [3.63, 3.8) is 0 Å². The summed E-state index contributed by atoms with van der Waals surface area (Å²) in [6.45, 7) is 0. The third-order valence-electron chi connectivity index (χ3n) is 8.34. The van der Waals surface area contributed by atoms with Gasteiger partial charge in [0.25, 0.3) is 0 Å². The van der Waals surface area contributed by atoms with E-state index >= 15 is 0 Å². The Morgan fingerprint density at radius 2 is 0.818 bits per heavy atom. The van der Waals surface area contributed by atoms with E-state index in [-0.39, 0.29) is 0 Å². The van der Waals surface area contributed by atoms with Crippen molar-refractivity contribution >= 4 is 0 Å². The maximum absolute atomic E-state index is 5.72. The Bertz CT molecular complexity index is 1390. The van der Waals surface area contributed by atoms with E-state index in [1.807, 2.05) is 0 Å². The monoisotopic (exact) mass is 598 g/mol. The van der Waals surface area contributed by atoms with Crippen LogP contribution in [0.3, 0.4) is 0 Å². The van der Waals surface area contributed by atoms with Gasteiger partial charge in [0.15, 0.2) is 23.0 Å². The summed E-state index contributed by atoms with van der Waals surface area (Å²) in [5, 5.41) is 0. The number of hydrogen-bond acceptors (Lipinski definition) is 6. The first-order valence-corrected chi connectivity index (χ1v) is 15.2. The lowest BCUT2D eigenvalue weighted by molar-refractivity contribution is 0.294. The van der Waals surface area contributed by atoms with E-state index in [0.717, 1.165) is 49.7 Å². The molecule has 0 amide bonds. The molecular formula is C38H46O6. The van der Waals surface area contributed by atoms with Gasteiger partial charge in [-0.2, -0.15) is 0 Å². The fraction of sp³-hybridized carbons (Fsp3) is 0.368. The maximum atomic E-state index is 5.72. The van der Waals surface area contributed by atoms with Gasteiger partial charge in [-0.15, -0.1) is 0 Å². The zero-order chi connectivity index (χ0) is 31.3. The number of methoxy groups -OCH3 is 6. The van der Waals surface area contributed by atoms with Crippen LogP contribution in [0.15, 0.2) is 84.9 Å². The first-order chi connectivity index (χ1) is 21.5. The molecule has 0 aromatic heterocycles. The van der Waals surface area contributed by atoms with Crippen molar-refractivity contribution in [2.45, 2.75) is 38.5 Å². The van der Waals surface area contributed by atoms with Gasteiger partial charge in [-0.25, -0.2) is 0 Å². The highest BCUT2D eigenvalue weighted by molar-refractivity contribution is 5.55. The molecule has 0 radical (unpaired) electrons. The molecule has 0 aliphatic heterocycles. The molecule has 0 spiro atoms. The summed E-state index contributed by atoms with van der Waals surface area (Å²) in [7, 11) is 9.94. The van der Waals surface area contributed by atoms with Crippen LogP contribution in [0.2, 0.25) is 0 Å². The predicted molar refractivity (Wildman–Crippen MR) is 176 cm³/mol. The van der Waals surface area contributed by atoms with E-state index in [2.05, 4.69) is 84.9 Å². The van der Waals surface area contributed by atoms with Gasteiger partial charge >= 0.3 is 0 Å². The predicted octanol–water partition coefficient (Wildman–Crippen LogP) is 8.02. The van der Waals surface area contributed by atoms with Crippen LogP contribution in [0.5, 0.6) is 34.5 Å². The molecule has 4 rings (SSSR count). The quantitative estimate of drug-likeness (QED) is 0.123. The zero-order valence-corrected chi connectivity index (χ0v) is 26.9. The van der Waals surface area contributed by atoms with Crippen molar-refractivity contribution in [1.82, 2.24) is 0 Å². The normalized spacial score (nSPS) is 12.2. The summed E-state index contributed by atoms with van der Waals surface area (Å²) < 4.78 is 34.1. The van der Waals surface area contributed by atoms with E-state index in [9.17, 15) is 0 Å². The number of aryl methyl sites for hydroxylation is 1. The molecule has 6 nitrogen and oxygen atoms in total. The van der Waals surface area contributed by atoms with Crippen LogP contribution < -0.4 is 28.4 Å². The molecule has 0 N–H and O–H groups in total. The Morgan fingerprint density at radius 1 is 0.432 bits per heavy atom. The minimum absolute atomic E-state index is 0.329. The first kappa shape index (κ1) is 32.6. The SMILES string of the molecule is COc1cc(C[C@H](Cc2ccccc2)[C@@H](CCCc2ccccc2)Cc2cc(OC)c(OC)c(OC)c2)cc(OC)c1OC. The summed E-state index contributed by atoms with van der Waals surface area (Å²) in [4.78, 5) is 0. The van der Waals surface area contributed by atoms with Crippen LogP contribution in [0, 0.1) is 11.8 Å². The van der Waals surface area contributed by atoms with Crippen molar-refractivity contribution in [3.05, 3.63) is 107 Å². The highest BCUT2D eigenvalue weighted by atomic mass is 16.5. The summed E-state index contributed by atoms with van der Waals surface area (Å²) >= 11 is 0. The number of rotatable bonds is 17. The molecule has 2 atom stereocenters. The maximum Gasteiger partial charge on any atom is 0.203 e. The second kappa shape index (κ2) is 16.5. The summed E-state index contributed by atoms with van der Waals surface area (Å²) in [5.41, 5.74) is 5.00. The van der Waals surface area contributed by atoms with Crippen molar-refractivity contribution in [1.29, 1.82) is 0 Å². The lowest BCUT2D eigenvalue weighted by Crippen LogP contribution is -2.23. The molecule has 6 heteroatoms. The average molecular weight is 599 g/mol. The van der Waals surface area contributed by atoms with Crippen LogP contribution in [0.25, 0.3) is 0 Å². The smallest absolute Gasteiger partial charge is 0.203 e. The van der Waals surface area contributed by atoms with Crippen LogP contribution in [0.4, 0.5) is 0 Å². The second-order valence-electron chi connectivity index (χ2n) is 11.1. The molecule has 4 aromatic carbocycles. The van der Waals surface area contributed by atoms with E-state index in [0.29, 0.717) is 46.3 Å². The van der Waals surface area contributed by atoms with Crippen molar-refractivity contribution in [3.8, 4) is 34.5 Å². The molecule has 44 heavy (non-hydrogen) atoms. The lowest BCUT2D eigenvalue weighted by Gasteiger charge is -2.29. The van der Waals surface area contributed by atoms with E-state index in [1.54, 1.807) is 42.7 Å². The van der Waals surface area contributed by atoms with Crippen LogP contribution in [0.1, 0.15) is 35.1 Å². The summed E-state index contributed by atoms with van der Waals surface area (Å²) in [6.07, 6.45) is 5.85. The van der Waals surface area contributed by atoms with E-state index in [1.165, 1.54) is 11.1 Å². The molecule has 4 aromatic rings. The van der Waals surface area contributed by atoms with Gasteiger partial charge in [0.1, 0.15) is 0 Å². The molecule has 0 aliphatic rings. The van der Waals surface area contributed by atoms with Crippen molar-refractivity contribution < 1.29 is 28.4 Å². The van der Waals surface area contributed by atoms with Gasteiger partial charge in [0, 0.05) is 0 Å². The Hall–Kier alpha value is -4.32. The molecule has 0 aliphatic carbocycles. The lowest BCUT2D eigenvalue weighted by atomic mass is 9.76. The highest BCUT2D eigenvalue weighted by Gasteiger charge is 2.26. The van der Waals surface area contributed by atoms with Crippen LogP contribution >= 0.6 is 0 Å². The van der Waals surface area contributed by atoms with E-state index < -0.39 is 0 Å². The molecule has 0 fully saturated rings. The third kappa shape index (κ3) is 8.40. The van der Waals surface area contributed by atoms with Crippen molar-refractivity contribution in [2.75, 3.05) is 42.7 Å². The Balaban J connectivity index is 1.73. The Kier molecular flexibility index (Phi) is 12.2. The fourth-order valence-electron chi connectivity index (χ4n) is 6.15. The van der Waals surface area contributed by atoms with Gasteiger partial charge in [-0.3, -0.25) is 0 Å². The van der Waals surface area contributed by atoms with Gasteiger partial charge < -0.3 is 28.4 Å². The average Bonchev–Trinajstić information content (AvgIpc) is 3.07. The molecular weight excluding hydrogens is 552 g/mol. The number of ether oxygens (including phenoxy) is 6. The highest BCUT2D eigenvalue weighted by Crippen LogP contribution is 2.42. The van der Waals surface area contributed by atoms with Gasteiger partial charge in [0.05, 0.1) is 42.7 Å². The second-order valence-corrected chi connectivity index (χ2v) is 11.1. The van der Waals surface area contributed by atoms with Gasteiger partial charge in [-0.1, -0.05) is 60.7 Å². The molecule has 0 unspecified atom stereocenters. The van der Waals surface area contributed by atoms with Crippen LogP contribution in [-0.2, 0) is 25.7 Å². The van der Waals surface area contributed by atoms with Crippen LogP contribution in [-0.4, -0.2) is 42.7 Å². The van der Waals surface area contributed by atoms with E-state index in [4.69, 9.17) is 28.4 Å². The Labute approximate surface area is 262 Å². The fourth-order valence-corrected chi connectivity index (χ4v) is 6.15.